The summed E-state index contributed by atoms with van der Waals surface area (Å²) in [5, 5.41) is 5.54. The number of anilines is 1. The zero-order chi connectivity index (χ0) is 9.84. The Bertz CT molecular complexity index is 294. The van der Waals surface area contributed by atoms with Crippen molar-refractivity contribution >= 4 is 23.3 Å². The second kappa shape index (κ2) is 3.87. The third-order valence-corrected chi connectivity index (χ3v) is 1.41. The maximum atomic E-state index is 5.31. The highest BCUT2D eigenvalue weighted by atomic mass is 32.1. The van der Waals surface area contributed by atoms with Gasteiger partial charge in [0.2, 0.25) is 11.1 Å². The molecule has 0 fully saturated rings. The Balaban J connectivity index is 2.58. The Morgan fingerprint density at radius 3 is 2.92 bits per heavy atom. The number of aromatic nitrogens is 3. The van der Waals surface area contributed by atoms with Crippen LogP contribution in [-0.2, 0) is 0 Å². The van der Waals surface area contributed by atoms with Gasteiger partial charge in [-0.3, -0.25) is 10.9 Å². The van der Waals surface area contributed by atoms with Crippen LogP contribution in [0, 0.1) is 0 Å². The molecule has 8 nitrogen and oxygen atoms in total. The minimum atomic E-state index is 0.181. The van der Waals surface area contributed by atoms with Gasteiger partial charge in [0.1, 0.15) is 6.33 Å². The largest absolute Gasteiger partial charge is 0.366 e. The number of nitrogens with zero attached hydrogens (tertiary/aromatic N) is 4. The summed E-state index contributed by atoms with van der Waals surface area (Å²) >= 11 is 4.76. The van der Waals surface area contributed by atoms with Crippen LogP contribution in [0.5, 0.6) is 0 Å². The van der Waals surface area contributed by atoms with Crippen molar-refractivity contribution in [2.75, 3.05) is 17.9 Å². The van der Waals surface area contributed by atoms with E-state index in [0.29, 0.717) is 0 Å². The Morgan fingerprint density at radius 1 is 1.77 bits per heavy atom. The van der Waals surface area contributed by atoms with E-state index < -0.39 is 0 Å². The van der Waals surface area contributed by atoms with Crippen molar-refractivity contribution in [2.45, 2.75) is 0 Å². The smallest absolute Gasteiger partial charge is 0.241 e. The molecule has 1 heterocycles. The average molecular weight is 202 g/mol. The van der Waals surface area contributed by atoms with Crippen molar-refractivity contribution in [1.82, 2.24) is 25.7 Å². The topological polar surface area (TPSA) is 110 Å². The minimum Gasteiger partial charge on any atom is -0.366 e. The lowest BCUT2D eigenvalue weighted by Gasteiger charge is -2.19. The summed E-state index contributed by atoms with van der Waals surface area (Å²) in [6.07, 6.45) is 1.43. The summed E-state index contributed by atoms with van der Waals surface area (Å²) in [4.78, 5) is 5.10. The van der Waals surface area contributed by atoms with Crippen LogP contribution in [0.3, 0.4) is 0 Å². The molecule has 1 aromatic rings. The lowest BCUT2D eigenvalue weighted by molar-refractivity contribution is 0.550. The summed E-state index contributed by atoms with van der Waals surface area (Å²) in [6.45, 7) is 0. The van der Waals surface area contributed by atoms with E-state index in [4.69, 9.17) is 23.8 Å². The zero-order valence-corrected chi connectivity index (χ0v) is 7.75. The molecule has 9 heteroatoms. The molecule has 0 aliphatic rings. The first-order valence-corrected chi connectivity index (χ1v) is 3.72. The third-order valence-electron chi connectivity index (χ3n) is 1.20. The second-order valence-electron chi connectivity index (χ2n) is 2.13. The fourth-order valence-electron chi connectivity index (χ4n) is 0.642. The highest BCUT2D eigenvalue weighted by Crippen LogP contribution is 1.87. The molecule has 1 rings (SSSR count). The van der Waals surface area contributed by atoms with Crippen LogP contribution in [0.2, 0.25) is 0 Å². The van der Waals surface area contributed by atoms with E-state index in [2.05, 4.69) is 20.9 Å². The van der Waals surface area contributed by atoms with Crippen molar-refractivity contribution in [3.63, 3.8) is 0 Å². The van der Waals surface area contributed by atoms with Gasteiger partial charge in [-0.05, 0) is 12.2 Å². The van der Waals surface area contributed by atoms with Gasteiger partial charge in [0.25, 0.3) is 0 Å². The SMILES string of the molecule is CN(NC(=S)NN)n1cnc(N)n1. The number of rotatable bonds is 2. The van der Waals surface area contributed by atoms with Crippen LogP contribution < -0.4 is 27.5 Å². The van der Waals surface area contributed by atoms with Gasteiger partial charge in [-0.1, -0.05) is 0 Å². The van der Waals surface area contributed by atoms with Crippen molar-refractivity contribution in [3.8, 4) is 0 Å². The number of hydrogen-bond donors (Lipinski definition) is 4. The number of nitrogens with two attached hydrogens (primary N) is 2. The molecule has 13 heavy (non-hydrogen) atoms. The summed E-state index contributed by atoms with van der Waals surface area (Å²) in [7, 11) is 1.68. The molecular formula is C4H10N8S. The fourth-order valence-corrected chi connectivity index (χ4v) is 0.775. The zero-order valence-electron chi connectivity index (χ0n) is 6.93. The highest BCUT2D eigenvalue weighted by Gasteiger charge is 2.02. The van der Waals surface area contributed by atoms with Gasteiger partial charge in [-0.2, -0.15) is 4.98 Å². The molecule has 0 saturated carbocycles. The fraction of sp³-hybridized carbons (Fsp3) is 0.250. The summed E-state index contributed by atoms with van der Waals surface area (Å²) < 4.78 is 0. The first kappa shape index (κ1) is 9.48. The van der Waals surface area contributed by atoms with E-state index >= 15 is 0 Å². The molecule has 0 saturated heterocycles. The highest BCUT2D eigenvalue weighted by molar-refractivity contribution is 7.80. The van der Waals surface area contributed by atoms with Gasteiger partial charge in [-0.15, -0.1) is 9.89 Å². The van der Waals surface area contributed by atoms with Crippen LogP contribution in [0.25, 0.3) is 0 Å². The molecule has 0 bridgehead atoms. The molecular weight excluding hydrogens is 192 g/mol. The van der Waals surface area contributed by atoms with Gasteiger partial charge >= 0.3 is 0 Å². The summed E-state index contributed by atoms with van der Waals surface area (Å²) in [6, 6.07) is 0. The van der Waals surface area contributed by atoms with Crippen LogP contribution in [0.15, 0.2) is 6.33 Å². The standard InChI is InChI=1S/C4H10N8S/c1-11(10-4(13)8-6)12-2-7-3(5)9-12/h2H,6H2,1H3,(H2,5,9)(H2,8,10,13). The average Bonchev–Trinajstić information content (AvgIpc) is 2.51. The van der Waals surface area contributed by atoms with E-state index in [1.165, 1.54) is 16.2 Å². The number of thiocarbonyl (C=S) groups is 1. The molecule has 1 aromatic heterocycles. The molecule has 0 aliphatic carbocycles. The predicted molar refractivity (Wildman–Crippen MR) is 51.6 cm³/mol. The number of hydrazine groups is 2. The van der Waals surface area contributed by atoms with E-state index in [9.17, 15) is 0 Å². The van der Waals surface area contributed by atoms with Gasteiger partial charge in [0, 0.05) is 7.05 Å². The van der Waals surface area contributed by atoms with Crippen molar-refractivity contribution in [1.29, 1.82) is 0 Å². The molecule has 0 radical (unpaired) electrons. The Hall–Kier alpha value is -1.61. The van der Waals surface area contributed by atoms with Crippen molar-refractivity contribution in [2.24, 2.45) is 5.84 Å². The quantitative estimate of drug-likeness (QED) is 0.240. The Morgan fingerprint density at radius 2 is 2.46 bits per heavy atom. The minimum absolute atomic E-state index is 0.181. The number of nitrogens with one attached hydrogen (secondary N) is 2. The summed E-state index contributed by atoms with van der Waals surface area (Å²) in [5.74, 6) is 5.23. The Kier molecular flexibility index (Phi) is 2.82. The number of hydrogen-bond acceptors (Lipinski definition) is 6. The van der Waals surface area contributed by atoms with Gasteiger partial charge in [0.15, 0.2) is 0 Å². The number of nitrogen functional groups attached to an aromatic ring is 1. The van der Waals surface area contributed by atoms with Gasteiger partial charge in [-0.25, -0.2) is 11.0 Å². The molecule has 0 atom stereocenters. The van der Waals surface area contributed by atoms with E-state index in [-0.39, 0.29) is 11.1 Å². The monoisotopic (exact) mass is 202 g/mol. The van der Waals surface area contributed by atoms with Crippen molar-refractivity contribution in [3.05, 3.63) is 6.33 Å². The van der Waals surface area contributed by atoms with Crippen LogP contribution in [0.4, 0.5) is 5.95 Å². The predicted octanol–water partition coefficient (Wildman–Crippen LogP) is -2.32. The molecule has 0 aromatic carbocycles. The molecule has 0 aliphatic heterocycles. The van der Waals surface area contributed by atoms with Crippen LogP contribution in [0.1, 0.15) is 0 Å². The van der Waals surface area contributed by atoms with Gasteiger partial charge < -0.3 is 5.73 Å². The van der Waals surface area contributed by atoms with E-state index in [1.54, 1.807) is 7.05 Å². The molecule has 0 unspecified atom stereocenters. The maximum absolute atomic E-state index is 5.31. The van der Waals surface area contributed by atoms with E-state index in [0.717, 1.165) is 0 Å². The first-order valence-electron chi connectivity index (χ1n) is 3.32. The van der Waals surface area contributed by atoms with Crippen LogP contribution in [-0.4, -0.2) is 27.0 Å². The molecule has 72 valence electrons. The van der Waals surface area contributed by atoms with E-state index in [1.807, 2.05) is 0 Å². The molecule has 0 spiro atoms. The molecule has 0 amide bonds. The van der Waals surface area contributed by atoms with Crippen molar-refractivity contribution < 1.29 is 0 Å². The lowest BCUT2D eigenvalue weighted by Crippen LogP contribution is -2.52. The van der Waals surface area contributed by atoms with Gasteiger partial charge in [0.05, 0.1) is 0 Å². The normalized spacial score (nSPS) is 9.38. The lowest BCUT2D eigenvalue weighted by atomic mass is 11.1. The molecule has 6 N–H and O–H groups in total. The first-order chi connectivity index (χ1) is 6.13. The second-order valence-corrected chi connectivity index (χ2v) is 2.54. The summed E-state index contributed by atoms with van der Waals surface area (Å²) in [5.41, 5.74) is 10.3. The van der Waals surface area contributed by atoms with Crippen LogP contribution >= 0.6 is 12.2 Å². The third kappa shape index (κ3) is 2.42. The maximum Gasteiger partial charge on any atom is 0.241 e. The Labute approximate surface area is 79.8 Å².